The largest absolute Gasteiger partial charge is 0.495 e. The monoisotopic (exact) mass is 457 g/mol. The number of anilines is 1. The molecule has 3 N–H and O–H groups in total. The Bertz CT molecular complexity index is 934. The van der Waals surface area contributed by atoms with Gasteiger partial charge in [0.05, 0.1) is 19.9 Å². The fraction of sp³-hybridized carbons (Fsp3) is 0.435. The predicted molar refractivity (Wildman–Crippen MR) is 123 cm³/mol. The Morgan fingerprint density at radius 2 is 1.91 bits per heavy atom. The lowest BCUT2D eigenvalue weighted by Crippen LogP contribution is -2.52. The molecule has 2 fully saturated rings. The van der Waals surface area contributed by atoms with Crippen molar-refractivity contribution < 1.29 is 14.3 Å². The Balaban J connectivity index is 1.43. The van der Waals surface area contributed by atoms with Crippen LogP contribution in [0.2, 0.25) is 5.02 Å². The molecule has 8 nitrogen and oxygen atoms in total. The normalized spacial score (nSPS) is 20.9. The van der Waals surface area contributed by atoms with E-state index in [9.17, 15) is 9.59 Å². The van der Waals surface area contributed by atoms with Crippen molar-refractivity contribution in [1.82, 2.24) is 20.5 Å². The fourth-order valence-corrected chi connectivity index (χ4v) is 4.07. The molecule has 2 aromatic rings. The number of ether oxygens (including phenoxy) is 1. The minimum atomic E-state index is -0.282. The van der Waals surface area contributed by atoms with Crippen molar-refractivity contribution in [3.05, 3.63) is 53.3 Å². The number of nitrogens with one attached hydrogen (secondary N) is 3. The number of benzene rings is 1. The SMILES string of the molecule is COc1ccc([C@@H]2CN(CC(=O)NC3CC3)CC[C@H]2NC(=O)Nc2ccc(Cl)cc2)nc1. The van der Waals surface area contributed by atoms with Crippen LogP contribution in [0, 0.1) is 0 Å². The molecular weight excluding hydrogens is 430 g/mol. The van der Waals surface area contributed by atoms with Gasteiger partial charge in [0.1, 0.15) is 5.75 Å². The molecule has 32 heavy (non-hydrogen) atoms. The predicted octanol–water partition coefficient (Wildman–Crippen LogP) is 3.00. The Labute approximate surface area is 192 Å². The molecule has 0 radical (unpaired) electrons. The average molecular weight is 458 g/mol. The van der Waals surface area contributed by atoms with Crippen LogP contribution >= 0.6 is 11.6 Å². The van der Waals surface area contributed by atoms with Gasteiger partial charge in [-0.25, -0.2) is 4.79 Å². The van der Waals surface area contributed by atoms with Crippen LogP contribution in [0.3, 0.4) is 0 Å². The van der Waals surface area contributed by atoms with Crippen molar-refractivity contribution in [1.29, 1.82) is 0 Å². The van der Waals surface area contributed by atoms with Gasteiger partial charge in [0.15, 0.2) is 0 Å². The van der Waals surface area contributed by atoms with E-state index in [0.29, 0.717) is 42.0 Å². The second kappa shape index (κ2) is 10.2. The van der Waals surface area contributed by atoms with Crippen molar-refractivity contribution in [3.63, 3.8) is 0 Å². The van der Waals surface area contributed by atoms with E-state index in [1.54, 1.807) is 37.6 Å². The maximum Gasteiger partial charge on any atom is 0.319 e. The summed E-state index contributed by atoms with van der Waals surface area (Å²) >= 11 is 5.92. The number of carbonyl (C=O) groups is 2. The number of likely N-dealkylation sites (tertiary alicyclic amines) is 1. The maximum absolute atomic E-state index is 12.7. The smallest absolute Gasteiger partial charge is 0.319 e. The van der Waals surface area contributed by atoms with Gasteiger partial charge in [0, 0.05) is 47.5 Å². The maximum atomic E-state index is 12.7. The summed E-state index contributed by atoms with van der Waals surface area (Å²) in [5.74, 6) is 0.676. The zero-order valence-electron chi connectivity index (χ0n) is 18.0. The molecule has 1 aliphatic heterocycles. The van der Waals surface area contributed by atoms with E-state index < -0.39 is 0 Å². The molecule has 4 rings (SSSR count). The number of hydrogen-bond donors (Lipinski definition) is 3. The molecule has 1 saturated heterocycles. The van der Waals surface area contributed by atoms with Crippen LogP contribution in [0.15, 0.2) is 42.6 Å². The summed E-state index contributed by atoms with van der Waals surface area (Å²) in [6, 6.07) is 10.7. The van der Waals surface area contributed by atoms with Gasteiger partial charge in [-0.15, -0.1) is 0 Å². The molecule has 2 atom stereocenters. The summed E-state index contributed by atoms with van der Waals surface area (Å²) in [7, 11) is 1.60. The van der Waals surface area contributed by atoms with Crippen LogP contribution < -0.4 is 20.7 Å². The first-order chi connectivity index (χ1) is 15.5. The van der Waals surface area contributed by atoms with Gasteiger partial charge < -0.3 is 20.7 Å². The lowest BCUT2D eigenvalue weighted by molar-refractivity contribution is -0.122. The number of methoxy groups -OCH3 is 1. The van der Waals surface area contributed by atoms with Gasteiger partial charge in [-0.1, -0.05) is 11.6 Å². The zero-order valence-corrected chi connectivity index (χ0v) is 18.8. The van der Waals surface area contributed by atoms with E-state index >= 15 is 0 Å². The van der Waals surface area contributed by atoms with Crippen LogP contribution in [-0.2, 0) is 4.79 Å². The molecule has 2 heterocycles. The highest BCUT2D eigenvalue weighted by molar-refractivity contribution is 6.30. The number of aromatic nitrogens is 1. The second-order valence-electron chi connectivity index (χ2n) is 8.31. The third kappa shape index (κ3) is 6.11. The Morgan fingerprint density at radius 1 is 1.12 bits per heavy atom. The number of pyridine rings is 1. The standard InChI is InChI=1S/C23H28ClN5O3/c1-32-18-8-9-20(25-12-18)19-13-29(14-22(30)26-16-6-7-16)11-10-21(19)28-23(31)27-17-4-2-15(24)3-5-17/h2-5,8-9,12,16,19,21H,6-7,10-11,13-14H2,1H3,(H,26,30)(H2,27,28,31)/t19-,21+/m0/s1. The van der Waals surface area contributed by atoms with E-state index in [1.165, 1.54) is 0 Å². The van der Waals surface area contributed by atoms with Crippen molar-refractivity contribution in [2.24, 2.45) is 0 Å². The molecule has 1 aromatic carbocycles. The van der Waals surface area contributed by atoms with Crippen LogP contribution in [0.5, 0.6) is 5.75 Å². The lowest BCUT2D eigenvalue weighted by atomic mass is 9.88. The number of nitrogens with zero attached hydrogens (tertiary/aromatic N) is 2. The van der Waals surface area contributed by atoms with Gasteiger partial charge in [0.25, 0.3) is 0 Å². The third-order valence-corrected chi connectivity index (χ3v) is 6.05. The van der Waals surface area contributed by atoms with Gasteiger partial charge in [-0.2, -0.15) is 0 Å². The van der Waals surface area contributed by atoms with E-state index in [-0.39, 0.29) is 23.9 Å². The fourth-order valence-electron chi connectivity index (χ4n) is 3.94. The molecule has 0 bridgehead atoms. The summed E-state index contributed by atoms with van der Waals surface area (Å²) in [5.41, 5.74) is 1.52. The first kappa shape index (κ1) is 22.4. The second-order valence-corrected chi connectivity index (χ2v) is 8.74. The van der Waals surface area contributed by atoms with Crippen LogP contribution in [0.25, 0.3) is 0 Å². The van der Waals surface area contributed by atoms with Crippen LogP contribution in [0.4, 0.5) is 10.5 Å². The number of halogens is 1. The number of urea groups is 1. The molecule has 9 heteroatoms. The minimum absolute atomic E-state index is 0.0562. The Morgan fingerprint density at radius 3 is 2.56 bits per heavy atom. The topological polar surface area (TPSA) is 95.6 Å². The molecule has 0 unspecified atom stereocenters. The number of hydrogen-bond acceptors (Lipinski definition) is 5. The summed E-state index contributed by atoms with van der Waals surface area (Å²) < 4.78 is 5.22. The third-order valence-electron chi connectivity index (χ3n) is 5.80. The summed E-state index contributed by atoms with van der Waals surface area (Å²) in [4.78, 5) is 31.6. The molecule has 0 spiro atoms. The number of piperidine rings is 1. The highest BCUT2D eigenvalue weighted by atomic mass is 35.5. The summed E-state index contributed by atoms with van der Waals surface area (Å²) in [6.45, 7) is 1.70. The first-order valence-electron chi connectivity index (χ1n) is 10.8. The van der Waals surface area contributed by atoms with Gasteiger partial charge in [-0.3, -0.25) is 14.7 Å². The molecule has 1 saturated carbocycles. The van der Waals surface area contributed by atoms with Gasteiger partial charge in [0.2, 0.25) is 5.91 Å². The Kier molecular flexibility index (Phi) is 7.12. The van der Waals surface area contributed by atoms with E-state index in [2.05, 4.69) is 25.8 Å². The van der Waals surface area contributed by atoms with Crippen molar-refractivity contribution in [3.8, 4) is 5.75 Å². The first-order valence-corrected chi connectivity index (χ1v) is 11.2. The van der Waals surface area contributed by atoms with Crippen molar-refractivity contribution in [2.75, 3.05) is 32.1 Å². The van der Waals surface area contributed by atoms with Gasteiger partial charge >= 0.3 is 6.03 Å². The molecular formula is C23H28ClN5O3. The number of amides is 3. The zero-order chi connectivity index (χ0) is 22.5. The molecule has 2 aliphatic rings. The van der Waals surface area contributed by atoms with E-state index in [4.69, 9.17) is 16.3 Å². The van der Waals surface area contributed by atoms with Gasteiger partial charge in [-0.05, 0) is 55.7 Å². The highest BCUT2D eigenvalue weighted by Gasteiger charge is 2.34. The average Bonchev–Trinajstić information content (AvgIpc) is 3.60. The molecule has 1 aromatic heterocycles. The summed E-state index contributed by atoms with van der Waals surface area (Å²) in [5, 5.41) is 9.60. The molecule has 3 amide bonds. The number of carbonyl (C=O) groups excluding carboxylic acids is 2. The van der Waals surface area contributed by atoms with Crippen molar-refractivity contribution >= 4 is 29.2 Å². The van der Waals surface area contributed by atoms with E-state index in [1.807, 2.05) is 12.1 Å². The van der Waals surface area contributed by atoms with Crippen molar-refractivity contribution in [2.45, 2.75) is 37.3 Å². The van der Waals surface area contributed by atoms with Crippen LogP contribution in [0.1, 0.15) is 30.9 Å². The minimum Gasteiger partial charge on any atom is -0.495 e. The molecule has 1 aliphatic carbocycles. The number of rotatable bonds is 7. The lowest BCUT2D eigenvalue weighted by Gasteiger charge is -2.38. The quantitative estimate of drug-likeness (QED) is 0.594. The Hall–Kier alpha value is -2.84. The molecule has 170 valence electrons. The highest BCUT2D eigenvalue weighted by Crippen LogP contribution is 2.28. The van der Waals surface area contributed by atoms with Crippen LogP contribution in [-0.4, -0.2) is 60.6 Å². The summed E-state index contributed by atoms with van der Waals surface area (Å²) in [6.07, 6.45) is 4.53. The van der Waals surface area contributed by atoms with E-state index in [0.717, 1.165) is 25.1 Å².